The Morgan fingerprint density at radius 2 is 1.63 bits per heavy atom. The first-order chi connectivity index (χ1) is 13.0. The highest BCUT2D eigenvalue weighted by Crippen LogP contribution is 2.17. The Labute approximate surface area is 165 Å². The average Bonchev–Trinajstić information content (AvgIpc) is 2.67. The summed E-state index contributed by atoms with van der Waals surface area (Å²) in [6.45, 7) is 3.54. The predicted molar refractivity (Wildman–Crippen MR) is 111 cm³/mol. The predicted octanol–water partition coefficient (Wildman–Crippen LogP) is 3.44. The monoisotopic (exact) mass is 385 g/mol. The summed E-state index contributed by atoms with van der Waals surface area (Å²) in [5.74, 6) is 0.809. The summed E-state index contributed by atoms with van der Waals surface area (Å²) in [4.78, 5) is 26.8. The number of aryl methyl sites for hydroxylation is 1. The number of hydrogen-bond acceptors (Lipinski definition) is 3. The van der Waals surface area contributed by atoms with E-state index < -0.39 is 0 Å². The molecule has 0 spiro atoms. The van der Waals surface area contributed by atoms with Gasteiger partial charge in [-0.05, 0) is 24.6 Å². The van der Waals surface area contributed by atoms with Gasteiger partial charge in [0, 0.05) is 43.8 Å². The van der Waals surface area contributed by atoms with Gasteiger partial charge in [0.25, 0.3) is 0 Å². The fourth-order valence-electron chi connectivity index (χ4n) is 2.45. The Hall–Kier alpha value is -2.47. The molecular formula is C21H27N3O2S. The van der Waals surface area contributed by atoms with Gasteiger partial charge in [0.1, 0.15) is 0 Å². The fraction of sp³-hybridized carbons (Fsp3) is 0.333. The van der Waals surface area contributed by atoms with Crippen molar-refractivity contribution in [2.75, 3.05) is 25.9 Å². The van der Waals surface area contributed by atoms with Crippen LogP contribution in [0, 0.1) is 6.92 Å². The van der Waals surface area contributed by atoms with Gasteiger partial charge < -0.3 is 15.5 Å². The molecule has 0 aliphatic carbocycles. The molecule has 3 amide bonds. The number of benzene rings is 2. The van der Waals surface area contributed by atoms with Crippen LogP contribution in [-0.2, 0) is 11.3 Å². The van der Waals surface area contributed by atoms with Gasteiger partial charge in [-0.15, -0.1) is 11.8 Å². The maximum absolute atomic E-state index is 12.1. The first kappa shape index (κ1) is 20.8. The van der Waals surface area contributed by atoms with Crippen LogP contribution in [0.1, 0.15) is 17.5 Å². The van der Waals surface area contributed by atoms with Crippen LogP contribution in [0.5, 0.6) is 0 Å². The summed E-state index contributed by atoms with van der Waals surface area (Å²) >= 11 is 1.70. The van der Waals surface area contributed by atoms with Crippen molar-refractivity contribution >= 4 is 23.7 Å². The van der Waals surface area contributed by atoms with Gasteiger partial charge in [-0.25, -0.2) is 4.79 Å². The molecule has 0 fully saturated rings. The highest BCUT2D eigenvalue weighted by Gasteiger charge is 2.09. The summed E-state index contributed by atoms with van der Waals surface area (Å²) < 4.78 is 0. The van der Waals surface area contributed by atoms with Crippen molar-refractivity contribution in [1.82, 2.24) is 15.5 Å². The Morgan fingerprint density at radius 1 is 0.963 bits per heavy atom. The lowest BCUT2D eigenvalue weighted by atomic mass is 10.2. The average molecular weight is 386 g/mol. The Bertz CT molecular complexity index is 720. The van der Waals surface area contributed by atoms with Crippen molar-refractivity contribution in [2.45, 2.75) is 24.8 Å². The number of carbonyl (C=O) groups excluding carboxylic acids is 2. The SMILES string of the molecule is Cc1ccc(SCCNC(=O)NCCC(=O)N(C)Cc2ccccc2)cc1. The van der Waals surface area contributed by atoms with Crippen LogP contribution in [0.3, 0.4) is 0 Å². The molecule has 144 valence electrons. The van der Waals surface area contributed by atoms with Crippen LogP contribution >= 0.6 is 11.8 Å². The number of hydrogen-bond donors (Lipinski definition) is 2. The van der Waals surface area contributed by atoms with E-state index in [-0.39, 0.29) is 18.4 Å². The number of urea groups is 1. The molecular weight excluding hydrogens is 358 g/mol. The third-order valence-electron chi connectivity index (χ3n) is 3.99. The van der Waals surface area contributed by atoms with Crippen molar-refractivity contribution in [2.24, 2.45) is 0 Å². The van der Waals surface area contributed by atoms with Gasteiger partial charge in [-0.1, -0.05) is 48.0 Å². The summed E-state index contributed by atoms with van der Waals surface area (Å²) in [7, 11) is 1.78. The number of rotatable bonds is 9. The summed E-state index contributed by atoms with van der Waals surface area (Å²) in [6, 6.07) is 17.9. The molecule has 2 rings (SSSR count). The number of nitrogens with one attached hydrogen (secondary N) is 2. The minimum Gasteiger partial charge on any atom is -0.341 e. The smallest absolute Gasteiger partial charge is 0.314 e. The molecule has 0 aliphatic rings. The molecule has 2 aromatic carbocycles. The van der Waals surface area contributed by atoms with Crippen LogP contribution in [0.2, 0.25) is 0 Å². The van der Waals surface area contributed by atoms with E-state index in [4.69, 9.17) is 0 Å². The normalized spacial score (nSPS) is 10.3. The molecule has 0 heterocycles. The van der Waals surface area contributed by atoms with E-state index in [2.05, 4.69) is 41.8 Å². The molecule has 0 atom stereocenters. The third-order valence-corrected chi connectivity index (χ3v) is 5.00. The second-order valence-corrected chi connectivity index (χ2v) is 7.50. The van der Waals surface area contributed by atoms with Crippen molar-refractivity contribution < 1.29 is 9.59 Å². The van der Waals surface area contributed by atoms with Crippen LogP contribution in [-0.4, -0.2) is 42.7 Å². The second kappa shape index (κ2) is 11.3. The Balaban J connectivity index is 1.55. The van der Waals surface area contributed by atoms with Gasteiger partial charge in [-0.3, -0.25) is 4.79 Å². The zero-order valence-electron chi connectivity index (χ0n) is 15.9. The number of thioether (sulfide) groups is 1. The molecule has 0 saturated carbocycles. The highest BCUT2D eigenvalue weighted by molar-refractivity contribution is 7.99. The minimum absolute atomic E-state index is 0.00841. The molecule has 5 nitrogen and oxygen atoms in total. The van der Waals surface area contributed by atoms with E-state index >= 15 is 0 Å². The first-order valence-corrected chi connectivity index (χ1v) is 10.0. The van der Waals surface area contributed by atoms with Crippen molar-refractivity contribution in [3.8, 4) is 0 Å². The van der Waals surface area contributed by atoms with Crippen LogP contribution < -0.4 is 10.6 Å². The minimum atomic E-state index is -0.238. The summed E-state index contributed by atoms with van der Waals surface area (Å²) in [5.41, 5.74) is 2.32. The summed E-state index contributed by atoms with van der Waals surface area (Å²) in [6.07, 6.45) is 0.287. The molecule has 0 aliphatic heterocycles. The standard InChI is InChI=1S/C21H27N3O2S/c1-17-8-10-19(11-9-17)27-15-14-23-21(26)22-13-12-20(25)24(2)16-18-6-4-3-5-7-18/h3-11H,12-16H2,1-2H3,(H2,22,23,26). The Kier molecular flexibility index (Phi) is 8.71. The number of carbonyl (C=O) groups is 2. The molecule has 0 unspecified atom stereocenters. The highest BCUT2D eigenvalue weighted by atomic mass is 32.2. The maximum atomic E-state index is 12.1. The molecule has 0 aromatic heterocycles. The van der Waals surface area contributed by atoms with E-state index in [0.29, 0.717) is 19.6 Å². The van der Waals surface area contributed by atoms with Gasteiger partial charge in [0.2, 0.25) is 5.91 Å². The lowest BCUT2D eigenvalue weighted by Crippen LogP contribution is -2.39. The van der Waals surface area contributed by atoms with E-state index in [1.54, 1.807) is 23.7 Å². The van der Waals surface area contributed by atoms with E-state index in [9.17, 15) is 9.59 Å². The molecule has 2 aromatic rings. The molecule has 0 bridgehead atoms. The molecule has 0 saturated heterocycles. The van der Waals surface area contributed by atoms with Crippen molar-refractivity contribution in [1.29, 1.82) is 0 Å². The first-order valence-electron chi connectivity index (χ1n) is 9.03. The van der Waals surface area contributed by atoms with Crippen molar-refractivity contribution in [3.05, 3.63) is 65.7 Å². The largest absolute Gasteiger partial charge is 0.341 e. The molecule has 27 heavy (non-hydrogen) atoms. The van der Waals surface area contributed by atoms with Gasteiger partial charge >= 0.3 is 6.03 Å². The quantitative estimate of drug-likeness (QED) is 0.513. The van der Waals surface area contributed by atoms with Crippen molar-refractivity contribution in [3.63, 3.8) is 0 Å². The van der Waals surface area contributed by atoms with Crippen LogP contribution in [0.15, 0.2) is 59.5 Å². The van der Waals surface area contributed by atoms with Gasteiger partial charge in [0.05, 0.1) is 0 Å². The zero-order valence-corrected chi connectivity index (χ0v) is 16.7. The van der Waals surface area contributed by atoms with Gasteiger partial charge in [0.15, 0.2) is 0 Å². The van der Waals surface area contributed by atoms with E-state index in [0.717, 1.165) is 11.3 Å². The lowest BCUT2D eigenvalue weighted by molar-refractivity contribution is -0.130. The number of nitrogens with zero attached hydrogens (tertiary/aromatic N) is 1. The Morgan fingerprint density at radius 3 is 2.33 bits per heavy atom. The third kappa shape index (κ3) is 8.17. The molecule has 0 radical (unpaired) electrons. The van der Waals surface area contributed by atoms with E-state index in [1.807, 2.05) is 30.3 Å². The number of amides is 3. The zero-order chi connectivity index (χ0) is 19.5. The van der Waals surface area contributed by atoms with E-state index in [1.165, 1.54) is 10.5 Å². The lowest BCUT2D eigenvalue weighted by Gasteiger charge is -2.17. The van der Waals surface area contributed by atoms with Gasteiger partial charge in [-0.2, -0.15) is 0 Å². The summed E-state index contributed by atoms with van der Waals surface area (Å²) in [5, 5.41) is 5.54. The second-order valence-electron chi connectivity index (χ2n) is 6.33. The maximum Gasteiger partial charge on any atom is 0.314 e. The van der Waals surface area contributed by atoms with Crippen LogP contribution in [0.4, 0.5) is 4.79 Å². The van der Waals surface area contributed by atoms with Crippen LogP contribution in [0.25, 0.3) is 0 Å². The fourth-order valence-corrected chi connectivity index (χ4v) is 3.22. The molecule has 2 N–H and O–H groups in total. The molecule has 6 heteroatoms. The topological polar surface area (TPSA) is 61.4 Å².